The SMILES string of the molecule is CCCCCCCCCCCCCCCCC(=O)O[C@H](COC(=O)CCCCCCCCCC)COP(=O)(O)OC[C@@H](O)COP(=O)(O)OC[C@@H](COC(=O)CCCCCCCCCC)OC(=O)CCCCCCCCCC. The summed E-state index contributed by atoms with van der Waals surface area (Å²) in [5.41, 5.74) is 0. The normalized spacial score (nSPS) is 14.3. The molecule has 17 nitrogen and oxygen atoms in total. The summed E-state index contributed by atoms with van der Waals surface area (Å²) in [5, 5.41) is 10.5. The molecule has 0 amide bonds. The molecule has 0 spiro atoms. The van der Waals surface area contributed by atoms with Gasteiger partial charge in [0.2, 0.25) is 0 Å². The van der Waals surface area contributed by atoms with Crippen molar-refractivity contribution in [3.8, 4) is 0 Å². The molecule has 0 aliphatic rings. The second kappa shape index (κ2) is 54.3. The van der Waals surface area contributed by atoms with Crippen molar-refractivity contribution in [3.05, 3.63) is 0 Å². The molecule has 0 fully saturated rings. The minimum atomic E-state index is -4.93. The summed E-state index contributed by atoms with van der Waals surface area (Å²) in [7, 11) is -9.86. The van der Waals surface area contributed by atoms with Crippen molar-refractivity contribution in [2.75, 3.05) is 39.6 Å². The molecule has 0 aromatic heterocycles. The van der Waals surface area contributed by atoms with Gasteiger partial charge < -0.3 is 33.8 Å². The third kappa shape index (κ3) is 53.4. The van der Waals surface area contributed by atoms with E-state index in [2.05, 4.69) is 27.7 Å². The highest BCUT2D eigenvalue weighted by Crippen LogP contribution is 2.45. The highest BCUT2D eigenvalue weighted by Gasteiger charge is 2.30. The molecule has 0 saturated heterocycles. The summed E-state index contributed by atoms with van der Waals surface area (Å²) < 4.78 is 67.6. The molecular formula is C59H114O17P2. The van der Waals surface area contributed by atoms with Crippen LogP contribution in [0.25, 0.3) is 0 Å². The van der Waals surface area contributed by atoms with E-state index in [1.807, 2.05) is 0 Å². The van der Waals surface area contributed by atoms with Gasteiger partial charge >= 0.3 is 39.5 Å². The van der Waals surface area contributed by atoms with E-state index in [4.69, 9.17) is 37.0 Å². The Kier molecular flexibility index (Phi) is 53.0. The Morgan fingerprint density at radius 1 is 0.308 bits per heavy atom. The van der Waals surface area contributed by atoms with E-state index in [1.165, 1.54) is 109 Å². The van der Waals surface area contributed by atoms with Gasteiger partial charge in [-0.1, -0.05) is 246 Å². The van der Waals surface area contributed by atoms with Crippen LogP contribution in [0, 0.1) is 0 Å². The maximum Gasteiger partial charge on any atom is 0.472 e. The van der Waals surface area contributed by atoms with Crippen molar-refractivity contribution in [1.82, 2.24) is 0 Å². The largest absolute Gasteiger partial charge is 0.472 e. The number of rotatable bonds is 60. The quantitative estimate of drug-likeness (QED) is 0.0222. The Labute approximate surface area is 473 Å². The summed E-state index contributed by atoms with van der Waals surface area (Å²) in [6.45, 7) is 4.78. The van der Waals surface area contributed by atoms with Crippen LogP contribution < -0.4 is 0 Å². The van der Waals surface area contributed by atoms with Crippen LogP contribution in [0.15, 0.2) is 0 Å². The molecule has 3 N–H and O–H groups in total. The monoisotopic (exact) mass is 1160 g/mol. The summed E-state index contributed by atoms with van der Waals surface area (Å²) in [5.74, 6) is -2.15. The second-order valence-electron chi connectivity index (χ2n) is 21.4. The minimum Gasteiger partial charge on any atom is -0.462 e. The number of aliphatic hydroxyl groups is 1. The highest BCUT2D eigenvalue weighted by molar-refractivity contribution is 7.47. The first-order valence-electron chi connectivity index (χ1n) is 31.3. The van der Waals surface area contributed by atoms with Crippen LogP contribution in [0.1, 0.15) is 297 Å². The van der Waals surface area contributed by atoms with E-state index in [0.29, 0.717) is 25.7 Å². The van der Waals surface area contributed by atoms with E-state index < -0.39 is 97.5 Å². The van der Waals surface area contributed by atoms with Crippen molar-refractivity contribution in [1.29, 1.82) is 0 Å². The number of esters is 4. The Balaban J connectivity index is 5.18. The van der Waals surface area contributed by atoms with Gasteiger partial charge in [-0.3, -0.25) is 37.3 Å². The molecule has 0 heterocycles. The predicted molar refractivity (Wildman–Crippen MR) is 308 cm³/mol. The van der Waals surface area contributed by atoms with Crippen molar-refractivity contribution in [2.24, 2.45) is 0 Å². The summed E-state index contributed by atoms with van der Waals surface area (Å²) in [6, 6.07) is 0. The third-order valence-corrected chi connectivity index (χ3v) is 15.5. The average Bonchev–Trinajstić information content (AvgIpc) is 3.41. The minimum absolute atomic E-state index is 0.105. The third-order valence-electron chi connectivity index (χ3n) is 13.6. The first-order valence-corrected chi connectivity index (χ1v) is 34.3. The van der Waals surface area contributed by atoms with Gasteiger partial charge in [0.25, 0.3) is 0 Å². The fourth-order valence-corrected chi connectivity index (χ4v) is 10.3. The van der Waals surface area contributed by atoms with Crippen LogP contribution in [0.4, 0.5) is 0 Å². The van der Waals surface area contributed by atoms with Crippen LogP contribution >= 0.6 is 15.6 Å². The summed E-state index contributed by atoms with van der Waals surface area (Å²) >= 11 is 0. The van der Waals surface area contributed by atoms with Crippen molar-refractivity contribution < 1.29 is 80.2 Å². The number of phosphoric acid groups is 2. The van der Waals surface area contributed by atoms with Crippen LogP contribution in [-0.4, -0.2) is 96.7 Å². The van der Waals surface area contributed by atoms with Crippen LogP contribution in [0.3, 0.4) is 0 Å². The van der Waals surface area contributed by atoms with Crippen LogP contribution in [0.2, 0.25) is 0 Å². The molecule has 462 valence electrons. The zero-order valence-electron chi connectivity index (χ0n) is 49.6. The van der Waals surface area contributed by atoms with Crippen molar-refractivity contribution >= 4 is 39.5 Å². The molecular weight excluding hydrogens is 1040 g/mol. The Morgan fingerprint density at radius 3 is 0.756 bits per heavy atom. The lowest BCUT2D eigenvalue weighted by Crippen LogP contribution is -2.30. The summed E-state index contributed by atoms with van der Waals surface area (Å²) in [6.07, 6.45) is 37.7. The lowest BCUT2D eigenvalue weighted by atomic mass is 10.0. The zero-order valence-corrected chi connectivity index (χ0v) is 51.4. The fraction of sp³-hybridized carbons (Fsp3) is 0.932. The number of carbonyl (C=O) groups excluding carboxylic acids is 4. The van der Waals surface area contributed by atoms with E-state index in [0.717, 1.165) is 109 Å². The molecule has 0 aliphatic heterocycles. The van der Waals surface area contributed by atoms with Gasteiger partial charge in [-0.2, -0.15) is 0 Å². The lowest BCUT2D eigenvalue weighted by molar-refractivity contribution is -0.161. The van der Waals surface area contributed by atoms with Gasteiger partial charge in [-0.25, -0.2) is 9.13 Å². The molecule has 0 radical (unpaired) electrons. The number of aliphatic hydroxyl groups excluding tert-OH is 1. The Morgan fingerprint density at radius 2 is 0.513 bits per heavy atom. The molecule has 0 aliphatic carbocycles. The molecule has 0 aromatic rings. The molecule has 0 bridgehead atoms. The maximum absolute atomic E-state index is 12.9. The Bertz CT molecular complexity index is 1520. The number of unbranched alkanes of at least 4 members (excludes halogenated alkanes) is 34. The number of phosphoric ester groups is 2. The van der Waals surface area contributed by atoms with Crippen molar-refractivity contribution in [2.45, 2.75) is 316 Å². The Hall–Kier alpha value is -1.94. The van der Waals surface area contributed by atoms with Gasteiger partial charge in [0, 0.05) is 25.7 Å². The summed E-state index contributed by atoms with van der Waals surface area (Å²) in [4.78, 5) is 71.7. The average molecular weight is 1160 g/mol. The van der Waals surface area contributed by atoms with E-state index >= 15 is 0 Å². The smallest absolute Gasteiger partial charge is 0.462 e. The molecule has 78 heavy (non-hydrogen) atoms. The van der Waals surface area contributed by atoms with Gasteiger partial charge in [-0.05, 0) is 25.7 Å². The molecule has 19 heteroatoms. The number of hydrogen-bond donors (Lipinski definition) is 3. The fourth-order valence-electron chi connectivity index (χ4n) is 8.75. The van der Waals surface area contributed by atoms with Crippen molar-refractivity contribution in [3.63, 3.8) is 0 Å². The molecule has 2 unspecified atom stereocenters. The molecule has 0 saturated carbocycles. The topological polar surface area (TPSA) is 237 Å². The lowest BCUT2D eigenvalue weighted by Gasteiger charge is -2.21. The van der Waals surface area contributed by atoms with E-state index in [9.17, 15) is 43.2 Å². The van der Waals surface area contributed by atoms with E-state index in [1.54, 1.807) is 0 Å². The molecule has 0 rings (SSSR count). The first-order chi connectivity index (χ1) is 37.7. The van der Waals surface area contributed by atoms with Gasteiger partial charge in [0.1, 0.15) is 19.3 Å². The zero-order chi connectivity index (χ0) is 57.6. The molecule has 0 aromatic carbocycles. The molecule has 5 atom stereocenters. The number of carbonyl (C=O) groups is 4. The first kappa shape index (κ1) is 76.1. The maximum atomic E-state index is 12.9. The second-order valence-corrected chi connectivity index (χ2v) is 24.3. The van der Waals surface area contributed by atoms with Gasteiger partial charge in [0.15, 0.2) is 12.2 Å². The van der Waals surface area contributed by atoms with Crippen LogP contribution in [0.5, 0.6) is 0 Å². The van der Waals surface area contributed by atoms with E-state index in [-0.39, 0.29) is 25.7 Å². The van der Waals surface area contributed by atoms with Gasteiger partial charge in [-0.15, -0.1) is 0 Å². The van der Waals surface area contributed by atoms with Crippen LogP contribution in [-0.2, 0) is 65.4 Å². The van der Waals surface area contributed by atoms with Gasteiger partial charge in [0.05, 0.1) is 26.4 Å². The number of hydrogen-bond acceptors (Lipinski definition) is 15. The highest BCUT2D eigenvalue weighted by atomic mass is 31.2. The number of ether oxygens (including phenoxy) is 4. The predicted octanol–water partition coefficient (Wildman–Crippen LogP) is 16.0. The standard InChI is InChI=1S/C59H114O17P2/c1-5-9-13-17-21-25-26-27-28-29-30-34-38-42-46-59(64)76-55(50-70-57(62)44-40-36-32-23-19-15-11-7-3)52-74-78(67,68)72-48-53(60)47-71-77(65,66)73-51-54(75-58(63)45-41-37-33-24-20-16-12-8-4)49-69-56(61)43-39-35-31-22-18-14-10-6-2/h53-55,60H,5-52H2,1-4H3,(H,65,66)(H,67,68)/t53-,54+,55+/m0/s1.